The van der Waals surface area contributed by atoms with E-state index in [9.17, 15) is 4.39 Å². The minimum absolute atomic E-state index is 0.0161. The van der Waals surface area contributed by atoms with E-state index in [1.807, 2.05) is 6.92 Å². The van der Waals surface area contributed by atoms with Crippen LogP contribution in [0, 0.1) is 5.82 Å². The van der Waals surface area contributed by atoms with E-state index in [-0.39, 0.29) is 19.0 Å². The molecule has 5 heteroatoms. The first kappa shape index (κ1) is 11.9. The van der Waals surface area contributed by atoms with Crippen LogP contribution in [0.3, 0.4) is 0 Å². The van der Waals surface area contributed by atoms with Crippen LogP contribution in [0.2, 0.25) is 0 Å². The molecule has 0 unspecified atom stereocenters. The van der Waals surface area contributed by atoms with Crippen molar-refractivity contribution in [3.8, 4) is 5.88 Å². The number of aromatic nitrogens is 1. The zero-order valence-electron chi connectivity index (χ0n) is 8.70. The number of pyridine rings is 1. The van der Waals surface area contributed by atoms with Crippen LogP contribution in [0.4, 0.5) is 4.39 Å². The Labute approximate surface area is 88.2 Å². The Morgan fingerprint density at radius 1 is 1.47 bits per heavy atom. The predicted molar refractivity (Wildman–Crippen MR) is 54.1 cm³/mol. The maximum atomic E-state index is 13.5. The van der Waals surface area contributed by atoms with Gasteiger partial charge in [0.25, 0.3) is 5.88 Å². The molecule has 0 aliphatic heterocycles. The predicted octanol–water partition coefficient (Wildman–Crippen LogP) is 1.09. The standard InChI is InChI=1S/C10H15FN2O2/c1-2-14-5-6-15-10-9(11)8(7-12)3-4-13-10/h3-4H,2,5-7,12H2,1H3. The van der Waals surface area contributed by atoms with Gasteiger partial charge in [-0.3, -0.25) is 0 Å². The van der Waals surface area contributed by atoms with E-state index >= 15 is 0 Å². The van der Waals surface area contributed by atoms with Crippen molar-refractivity contribution in [2.24, 2.45) is 5.73 Å². The highest BCUT2D eigenvalue weighted by molar-refractivity contribution is 5.23. The molecule has 15 heavy (non-hydrogen) atoms. The fourth-order valence-corrected chi connectivity index (χ4v) is 1.06. The van der Waals surface area contributed by atoms with Crippen LogP contribution in [0.15, 0.2) is 12.3 Å². The summed E-state index contributed by atoms with van der Waals surface area (Å²) in [6.07, 6.45) is 1.47. The van der Waals surface area contributed by atoms with Gasteiger partial charge in [-0.1, -0.05) is 0 Å². The van der Waals surface area contributed by atoms with Crippen LogP contribution in [0.1, 0.15) is 12.5 Å². The smallest absolute Gasteiger partial charge is 0.250 e. The zero-order valence-corrected chi connectivity index (χ0v) is 8.70. The van der Waals surface area contributed by atoms with Crippen LogP contribution < -0.4 is 10.5 Å². The molecule has 0 atom stereocenters. The van der Waals surface area contributed by atoms with Gasteiger partial charge in [0, 0.05) is 24.9 Å². The van der Waals surface area contributed by atoms with E-state index in [0.717, 1.165) is 0 Å². The van der Waals surface area contributed by atoms with E-state index < -0.39 is 5.82 Å². The summed E-state index contributed by atoms with van der Waals surface area (Å²) in [7, 11) is 0. The molecule has 1 rings (SSSR count). The molecular formula is C10H15FN2O2. The Balaban J connectivity index is 2.53. The molecule has 1 aromatic rings. The summed E-state index contributed by atoms with van der Waals surface area (Å²) in [6, 6.07) is 1.53. The fraction of sp³-hybridized carbons (Fsp3) is 0.500. The van der Waals surface area contributed by atoms with Gasteiger partial charge >= 0.3 is 0 Å². The average Bonchev–Trinajstić information content (AvgIpc) is 2.26. The molecule has 2 N–H and O–H groups in total. The Bertz CT molecular complexity index is 307. The van der Waals surface area contributed by atoms with Crippen LogP contribution in [-0.2, 0) is 11.3 Å². The first-order chi connectivity index (χ1) is 7.29. The van der Waals surface area contributed by atoms with Gasteiger partial charge in [0.05, 0.1) is 6.61 Å². The number of hydrogen-bond acceptors (Lipinski definition) is 4. The van der Waals surface area contributed by atoms with Crippen molar-refractivity contribution in [3.63, 3.8) is 0 Å². The van der Waals surface area contributed by atoms with Crippen molar-refractivity contribution >= 4 is 0 Å². The Kier molecular flexibility index (Phi) is 5.00. The largest absolute Gasteiger partial charge is 0.473 e. The summed E-state index contributed by atoms with van der Waals surface area (Å²) in [5.74, 6) is -0.505. The number of halogens is 1. The Morgan fingerprint density at radius 3 is 2.93 bits per heavy atom. The number of ether oxygens (including phenoxy) is 2. The zero-order chi connectivity index (χ0) is 11.1. The molecule has 0 aromatic carbocycles. The first-order valence-electron chi connectivity index (χ1n) is 4.83. The van der Waals surface area contributed by atoms with Gasteiger partial charge in [-0.15, -0.1) is 0 Å². The lowest BCUT2D eigenvalue weighted by Gasteiger charge is -2.07. The van der Waals surface area contributed by atoms with Crippen LogP contribution in [0.5, 0.6) is 5.88 Å². The van der Waals surface area contributed by atoms with Crippen LogP contribution >= 0.6 is 0 Å². The summed E-state index contributed by atoms with van der Waals surface area (Å²) in [4.78, 5) is 3.78. The molecule has 84 valence electrons. The summed E-state index contributed by atoms with van der Waals surface area (Å²) < 4.78 is 23.6. The molecule has 0 radical (unpaired) electrons. The van der Waals surface area contributed by atoms with Gasteiger partial charge in [0.2, 0.25) is 0 Å². The maximum Gasteiger partial charge on any atom is 0.250 e. The lowest BCUT2D eigenvalue weighted by molar-refractivity contribution is 0.106. The number of nitrogens with two attached hydrogens (primary N) is 1. The molecular weight excluding hydrogens is 199 g/mol. The third-order valence-corrected chi connectivity index (χ3v) is 1.83. The third kappa shape index (κ3) is 3.45. The van der Waals surface area contributed by atoms with E-state index in [2.05, 4.69) is 4.98 Å². The van der Waals surface area contributed by atoms with E-state index in [1.54, 1.807) is 0 Å². The summed E-state index contributed by atoms with van der Waals surface area (Å²) >= 11 is 0. The van der Waals surface area contributed by atoms with Gasteiger partial charge in [0.15, 0.2) is 5.82 Å². The van der Waals surface area contributed by atoms with Gasteiger partial charge < -0.3 is 15.2 Å². The number of rotatable bonds is 6. The van der Waals surface area contributed by atoms with Gasteiger partial charge in [-0.05, 0) is 13.0 Å². The molecule has 1 aromatic heterocycles. The van der Waals surface area contributed by atoms with Crippen molar-refractivity contribution in [1.29, 1.82) is 0 Å². The number of hydrogen-bond donors (Lipinski definition) is 1. The van der Waals surface area contributed by atoms with Crippen molar-refractivity contribution in [2.75, 3.05) is 19.8 Å². The molecule has 0 saturated heterocycles. The normalized spacial score (nSPS) is 10.3. The van der Waals surface area contributed by atoms with Crippen LogP contribution in [0.25, 0.3) is 0 Å². The monoisotopic (exact) mass is 214 g/mol. The summed E-state index contributed by atoms with van der Waals surface area (Å²) in [5.41, 5.74) is 5.75. The lowest BCUT2D eigenvalue weighted by Crippen LogP contribution is -2.10. The molecule has 0 bridgehead atoms. The fourth-order valence-electron chi connectivity index (χ4n) is 1.06. The topological polar surface area (TPSA) is 57.4 Å². The molecule has 0 aliphatic carbocycles. The first-order valence-corrected chi connectivity index (χ1v) is 4.83. The van der Waals surface area contributed by atoms with Crippen molar-refractivity contribution in [3.05, 3.63) is 23.6 Å². The molecule has 0 aliphatic rings. The third-order valence-electron chi connectivity index (χ3n) is 1.83. The molecule has 0 amide bonds. The second kappa shape index (κ2) is 6.31. The maximum absolute atomic E-state index is 13.5. The summed E-state index contributed by atoms with van der Waals surface area (Å²) in [6.45, 7) is 3.34. The lowest BCUT2D eigenvalue weighted by atomic mass is 10.2. The Morgan fingerprint density at radius 2 is 2.27 bits per heavy atom. The average molecular weight is 214 g/mol. The quantitative estimate of drug-likeness (QED) is 0.720. The van der Waals surface area contributed by atoms with Crippen molar-refractivity contribution in [1.82, 2.24) is 4.98 Å². The molecule has 1 heterocycles. The minimum Gasteiger partial charge on any atom is -0.473 e. The summed E-state index contributed by atoms with van der Waals surface area (Å²) in [5, 5.41) is 0. The second-order valence-electron chi connectivity index (χ2n) is 2.84. The van der Waals surface area contributed by atoms with Gasteiger partial charge in [-0.25, -0.2) is 9.37 Å². The van der Waals surface area contributed by atoms with Crippen LogP contribution in [-0.4, -0.2) is 24.8 Å². The SMILES string of the molecule is CCOCCOc1nccc(CN)c1F. The van der Waals surface area contributed by atoms with E-state index in [4.69, 9.17) is 15.2 Å². The highest BCUT2D eigenvalue weighted by Gasteiger charge is 2.08. The number of nitrogens with zero attached hydrogens (tertiary/aromatic N) is 1. The van der Waals surface area contributed by atoms with E-state index in [1.165, 1.54) is 12.3 Å². The van der Waals surface area contributed by atoms with Crippen molar-refractivity contribution in [2.45, 2.75) is 13.5 Å². The van der Waals surface area contributed by atoms with Gasteiger partial charge in [-0.2, -0.15) is 0 Å². The Hall–Kier alpha value is -1.20. The van der Waals surface area contributed by atoms with Gasteiger partial charge in [0.1, 0.15) is 6.61 Å². The molecule has 4 nitrogen and oxygen atoms in total. The molecule has 0 fully saturated rings. The van der Waals surface area contributed by atoms with E-state index in [0.29, 0.717) is 18.8 Å². The highest BCUT2D eigenvalue weighted by atomic mass is 19.1. The second-order valence-corrected chi connectivity index (χ2v) is 2.84. The molecule has 0 spiro atoms. The molecule has 0 saturated carbocycles. The highest BCUT2D eigenvalue weighted by Crippen LogP contribution is 2.16. The van der Waals surface area contributed by atoms with Crippen molar-refractivity contribution < 1.29 is 13.9 Å². The minimum atomic E-state index is -0.489.